The molecule has 150 valence electrons. The molecule has 1 atom stereocenters. The van der Waals surface area contributed by atoms with Gasteiger partial charge in [-0.05, 0) is 57.0 Å². The summed E-state index contributed by atoms with van der Waals surface area (Å²) in [4.78, 5) is 15.5. The van der Waals surface area contributed by atoms with Gasteiger partial charge in [-0.2, -0.15) is 0 Å². The fraction of sp³-hybridized carbons (Fsp3) is 0.391. The van der Waals surface area contributed by atoms with Gasteiger partial charge in [-0.1, -0.05) is 24.8 Å². The average molecular weight is 383 g/mol. The van der Waals surface area contributed by atoms with Gasteiger partial charge in [-0.15, -0.1) is 0 Å². The number of piperidine rings is 1. The minimum absolute atomic E-state index is 0.250. The minimum atomic E-state index is 0.250. The lowest BCUT2D eigenvalue weighted by Gasteiger charge is -2.19. The summed E-state index contributed by atoms with van der Waals surface area (Å²) in [5.74, 6) is 2.37. The van der Waals surface area contributed by atoms with Crippen LogP contribution in [-0.2, 0) is 9.53 Å². The topological polar surface area (TPSA) is 64.4 Å². The van der Waals surface area contributed by atoms with E-state index >= 15 is 0 Å². The molecule has 0 aromatic carbocycles. The fourth-order valence-electron chi connectivity index (χ4n) is 3.09. The number of aromatic nitrogens is 1. The van der Waals surface area contributed by atoms with Crippen molar-refractivity contribution in [2.24, 2.45) is 0 Å². The Morgan fingerprint density at radius 1 is 1.32 bits per heavy atom. The van der Waals surface area contributed by atoms with Gasteiger partial charge in [0, 0.05) is 24.5 Å². The summed E-state index contributed by atoms with van der Waals surface area (Å²) in [7, 11) is 1.63. The zero-order valence-electron chi connectivity index (χ0n) is 17.0. The number of carbonyl (C=O) groups is 1. The molecular formula is C23H30N2O3. The number of aldehydes is 1. The predicted octanol–water partition coefficient (Wildman–Crippen LogP) is 4.81. The Hall–Kier alpha value is -2.66. The second-order valence-electron chi connectivity index (χ2n) is 6.58. The van der Waals surface area contributed by atoms with E-state index in [0.29, 0.717) is 12.2 Å². The second kappa shape index (κ2) is 11.2. The van der Waals surface area contributed by atoms with E-state index in [4.69, 9.17) is 14.1 Å². The first-order chi connectivity index (χ1) is 13.6. The standard InChI is InChI=1S/C23H30N2O3/c1-5-18(10-7-8-15-26)21-22(17(3)12-13-20(6-2)27-4)28-23(25-21)19-11-9-14-24-16-19/h5-7,10,12-13,15,19,24H,3,8-9,11,14,16H2,1-2,4H3/b10-7-,13-12-,18-5+,20-6+. The lowest BCUT2D eigenvalue weighted by atomic mass is 10.00. The normalized spacial score (nSPS) is 18.8. The first kappa shape index (κ1) is 21.6. The number of nitrogens with one attached hydrogen (secondary N) is 1. The number of oxazole rings is 1. The number of carbonyl (C=O) groups excluding carboxylic acids is 1. The summed E-state index contributed by atoms with van der Waals surface area (Å²) >= 11 is 0. The van der Waals surface area contributed by atoms with Gasteiger partial charge in [-0.25, -0.2) is 4.98 Å². The summed E-state index contributed by atoms with van der Waals surface area (Å²) in [5.41, 5.74) is 2.37. The predicted molar refractivity (Wildman–Crippen MR) is 114 cm³/mol. The van der Waals surface area contributed by atoms with Crippen molar-refractivity contribution in [1.82, 2.24) is 10.3 Å². The third-order valence-electron chi connectivity index (χ3n) is 4.66. The maximum absolute atomic E-state index is 10.7. The summed E-state index contributed by atoms with van der Waals surface area (Å²) in [5, 5.41) is 3.40. The molecule has 1 aromatic heterocycles. The first-order valence-corrected chi connectivity index (χ1v) is 9.70. The molecule has 0 spiro atoms. The molecule has 1 unspecified atom stereocenters. The maximum Gasteiger partial charge on any atom is 0.199 e. The largest absolute Gasteiger partial charge is 0.497 e. The molecule has 1 saturated heterocycles. The molecule has 1 aliphatic heterocycles. The first-order valence-electron chi connectivity index (χ1n) is 9.70. The molecule has 1 aliphatic rings. The lowest BCUT2D eigenvalue weighted by Crippen LogP contribution is -2.28. The molecule has 0 radical (unpaired) electrons. The fourth-order valence-corrected chi connectivity index (χ4v) is 3.09. The summed E-state index contributed by atoms with van der Waals surface area (Å²) < 4.78 is 11.5. The van der Waals surface area contributed by atoms with E-state index in [0.717, 1.165) is 60.7 Å². The van der Waals surface area contributed by atoms with Gasteiger partial charge in [0.1, 0.15) is 17.7 Å². The zero-order chi connectivity index (χ0) is 20.4. The number of nitrogens with zero attached hydrogens (tertiary/aromatic N) is 1. The smallest absolute Gasteiger partial charge is 0.199 e. The molecule has 1 aromatic rings. The molecule has 0 bridgehead atoms. The molecule has 5 heteroatoms. The highest BCUT2D eigenvalue weighted by Crippen LogP contribution is 2.32. The Morgan fingerprint density at radius 3 is 2.75 bits per heavy atom. The highest BCUT2D eigenvalue weighted by Gasteiger charge is 2.24. The SMILES string of the molecule is C=C(/C=C\C(=C/C)OC)c1oc(C2CCCNC2)nc1C(/C=C\CC=O)=C/C. The van der Waals surface area contributed by atoms with E-state index in [-0.39, 0.29) is 5.92 Å². The molecule has 0 amide bonds. The molecule has 2 rings (SSSR count). The Morgan fingerprint density at radius 2 is 2.14 bits per heavy atom. The molecule has 0 saturated carbocycles. The van der Waals surface area contributed by atoms with Gasteiger partial charge in [0.25, 0.3) is 0 Å². The summed E-state index contributed by atoms with van der Waals surface area (Å²) in [6, 6.07) is 0. The summed E-state index contributed by atoms with van der Waals surface area (Å²) in [6.45, 7) is 9.92. The van der Waals surface area contributed by atoms with E-state index in [1.165, 1.54) is 0 Å². The number of hydrogen-bond acceptors (Lipinski definition) is 5. The van der Waals surface area contributed by atoms with Gasteiger partial charge in [0.15, 0.2) is 11.7 Å². The van der Waals surface area contributed by atoms with Crippen molar-refractivity contribution in [1.29, 1.82) is 0 Å². The van der Waals surface area contributed by atoms with Crippen LogP contribution in [0.4, 0.5) is 0 Å². The van der Waals surface area contributed by atoms with E-state index in [1.807, 2.05) is 50.3 Å². The second-order valence-corrected chi connectivity index (χ2v) is 6.58. The highest BCUT2D eigenvalue weighted by molar-refractivity contribution is 5.82. The number of ether oxygens (including phenoxy) is 1. The number of methoxy groups -OCH3 is 1. The lowest BCUT2D eigenvalue weighted by molar-refractivity contribution is -0.107. The zero-order valence-corrected chi connectivity index (χ0v) is 17.0. The van der Waals surface area contributed by atoms with Crippen LogP contribution in [0, 0.1) is 0 Å². The Bertz CT molecular complexity index is 791. The van der Waals surface area contributed by atoms with Gasteiger partial charge >= 0.3 is 0 Å². The molecule has 28 heavy (non-hydrogen) atoms. The van der Waals surface area contributed by atoms with Crippen LogP contribution in [0.1, 0.15) is 56.4 Å². The van der Waals surface area contributed by atoms with Crippen LogP contribution in [-0.4, -0.2) is 31.5 Å². The van der Waals surface area contributed by atoms with Gasteiger partial charge < -0.3 is 19.3 Å². The number of hydrogen-bond donors (Lipinski definition) is 1. The van der Waals surface area contributed by atoms with Crippen LogP contribution in [0.5, 0.6) is 0 Å². The molecule has 0 aliphatic carbocycles. The Labute approximate surface area is 167 Å². The molecule has 2 heterocycles. The van der Waals surface area contributed by atoms with Crippen molar-refractivity contribution in [3.8, 4) is 0 Å². The molecule has 5 nitrogen and oxygen atoms in total. The van der Waals surface area contributed by atoms with E-state index in [1.54, 1.807) is 7.11 Å². The number of allylic oxidation sites excluding steroid dienone is 8. The molecule has 1 N–H and O–H groups in total. The van der Waals surface area contributed by atoms with Crippen LogP contribution in [0.2, 0.25) is 0 Å². The highest BCUT2D eigenvalue weighted by atomic mass is 16.5. The van der Waals surface area contributed by atoms with Crippen LogP contribution < -0.4 is 5.32 Å². The van der Waals surface area contributed by atoms with Crippen molar-refractivity contribution in [3.05, 3.63) is 66.1 Å². The Balaban J connectivity index is 2.41. The third kappa shape index (κ3) is 5.67. The summed E-state index contributed by atoms with van der Waals surface area (Å²) in [6.07, 6.45) is 14.7. The maximum atomic E-state index is 10.7. The van der Waals surface area contributed by atoms with Crippen molar-refractivity contribution < 1.29 is 13.9 Å². The van der Waals surface area contributed by atoms with Gasteiger partial charge in [0.2, 0.25) is 0 Å². The van der Waals surface area contributed by atoms with E-state index < -0.39 is 0 Å². The van der Waals surface area contributed by atoms with Crippen molar-refractivity contribution >= 4 is 17.4 Å². The quantitative estimate of drug-likeness (QED) is 0.377. The van der Waals surface area contributed by atoms with Crippen LogP contribution in [0.3, 0.4) is 0 Å². The number of rotatable bonds is 9. The minimum Gasteiger partial charge on any atom is -0.497 e. The van der Waals surface area contributed by atoms with Crippen LogP contribution >= 0.6 is 0 Å². The molecule has 1 fully saturated rings. The van der Waals surface area contributed by atoms with E-state index in [2.05, 4.69) is 11.9 Å². The molecular weight excluding hydrogens is 352 g/mol. The van der Waals surface area contributed by atoms with Crippen molar-refractivity contribution in [2.45, 2.75) is 39.0 Å². The van der Waals surface area contributed by atoms with Gasteiger partial charge in [0.05, 0.1) is 7.11 Å². The monoisotopic (exact) mass is 382 g/mol. The Kier molecular flexibility index (Phi) is 8.69. The average Bonchev–Trinajstić information content (AvgIpc) is 3.18. The van der Waals surface area contributed by atoms with Gasteiger partial charge in [-0.3, -0.25) is 0 Å². The van der Waals surface area contributed by atoms with Crippen LogP contribution in [0.15, 0.2) is 53.2 Å². The van der Waals surface area contributed by atoms with Crippen molar-refractivity contribution in [2.75, 3.05) is 20.2 Å². The van der Waals surface area contributed by atoms with Crippen LogP contribution in [0.25, 0.3) is 11.1 Å². The van der Waals surface area contributed by atoms with Crippen molar-refractivity contribution in [3.63, 3.8) is 0 Å². The third-order valence-corrected chi connectivity index (χ3v) is 4.66. The van der Waals surface area contributed by atoms with E-state index in [9.17, 15) is 4.79 Å².